The summed E-state index contributed by atoms with van der Waals surface area (Å²) in [6, 6.07) is 7.66. The summed E-state index contributed by atoms with van der Waals surface area (Å²) in [7, 11) is 0. The standard InChI is InChI=1S/C7H8IN3.HNO3/c8-5-1-3-6(4-2-5)11-7(9)10;2-1(3)4/h1-4H,(H4,9,10,11);(H,2,3,4). The van der Waals surface area contributed by atoms with Gasteiger partial charge in [0.2, 0.25) is 0 Å². The van der Waals surface area contributed by atoms with Gasteiger partial charge in [-0.05, 0) is 46.9 Å². The fourth-order valence-corrected chi connectivity index (χ4v) is 1.05. The number of nitrogens with one attached hydrogen (secondary N) is 2. The minimum absolute atomic E-state index is 0.0359. The van der Waals surface area contributed by atoms with Gasteiger partial charge in [0.1, 0.15) is 0 Å². The molecule has 1 rings (SSSR count). The number of nitrogens with zero attached hydrogens (tertiary/aromatic N) is 1. The highest BCUT2D eigenvalue weighted by molar-refractivity contribution is 14.1. The maximum absolute atomic E-state index is 8.36. The van der Waals surface area contributed by atoms with Crippen LogP contribution in [0.1, 0.15) is 0 Å². The van der Waals surface area contributed by atoms with Crippen LogP contribution < -0.4 is 11.1 Å². The fourth-order valence-electron chi connectivity index (χ4n) is 0.689. The second-order valence-electron chi connectivity index (χ2n) is 2.28. The Bertz CT molecular complexity index is 337. The van der Waals surface area contributed by atoms with Crippen molar-refractivity contribution in [2.45, 2.75) is 0 Å². The molecule has 0 aliphatic heterocycles. The van der Waals surface area contributed by atoms with Gasteiger partial charge in [-0.25, -0.2) is 0 Å². The molecule has 0 aliphatic rings. The summed E-state index contributed by atoms with van der Waals surface area (Å²) in [5.41, 5.74) is 5.98. The number of benzene rings is 1. The van der Waals surface area contributed by atoms with E-state index < -0.39 is 5.09 Å². The number of anilines is 1. The molecule has 0 aromatic heterocycles. The Morgan fingerprint density at radius 2 is 1.93 bits per heavy atom. The Morgan fingerprint density at radius 3 is 2.27 bits per heavy atom. The van der Waals surface area contributed by atoms with Crippen LogP contribution in [-0.2, 0) is 0 Å². The smallest absolute Gasteiger partial charge is 0.291 e. The molecule has 0 atom stereocenters. The third kappa shape index (κ3) is 8.74. The van der Waals surface area contributed by atoms with E-state index in [1.165, 1.54) is 0 Å². The van der Waals surface area contributed by atoms with Gasteiger partial charge < -0.3 is 16.3 Å². The maximum Gasteiger partial charge on any atom is 0.291 e. The molecular weight excluding hydrogens is 315 g/mol. The van der Waals surface area contributed by atoms with Gasteiger partial charge in [0, 0.05) is 9.26 Å². The second kappa shape index (κ2) is 6.81. The van der Waals surface area contributed by atoms with Crippen molar-refractivity contribution in [3.8, 4) is 0 Å². The lowest BCUT2D eigenvalue weighted by atomic mass is 10.3. The molecule has 1 aromatic rings. The Hall–Kier alpha value is -1.58. The zero-order valence-corrected chi connectivity index (χ0v) is 9.63. The molecule has 15 heavy (non-hydrogen) atoms. The molecule has 0 bridgehead atoms. The van der Waals surface area contributed by atoms with Crippen molar-refractivity contribution >= 4 is 34.2 Å². The van der Waals surface area contributed by atoms with Crippen LogP contribution in [0.4, 0.5) is 5.69 Å². The third-order valence-electron chi connectivity index (χ3n) is 1.12. The highest BCUT2D eigenvalue weighted by Crippen LogP contribution is 2.10. The van der Waals surface area contributed by atoms with Crippen LogP contribution in [-0.4, -0.2) is 16.3 Å². The molecule has 8 heteroatoms. The Kier molecular flexibility index (Phi) is 6.09. The first-order chi connectivity index (χ1) is 6.91. The van der Waals surface area contributed by atoms with Crippen molar-refractivity contribution in [1.82, 2.24) is 0 Å². The lowest BCUT2D eigenvalue weighted by molar-refractivity contribution is -0.742. The molecule has 0 heterocycles. The molecule has 5 N–H and O–H groups in total. The molecule has 0 saturated heterocycles. The number of hydrogen-bond acceptors (Lipinski definition) is 3. The lowest BCUT2D eigenvalue weighted by Crippen LogP contribution is -2.20. The highest BCUT2D eigenvalue weighted by Gasteiger charge is 1.91. The van der Waals surface area contributed by atoms with E-state index in [0.29, 0.717) is 0 Å². The Labute approximate surface area is 99.0 Å². The van der Waals surface area contributed by atoms with Gasteiger partial charge in [-0.3, -0.25) is 5.41 Å². The fraction of sp³-hybridized carbons (Fsp3) is 0. The van der Waals surface area contributed by atoms with Gasteiger partial charge in [-0.15, -0.1) is 10.1 Å². The van der Waals surface area contributed by atoms with Gasteiger partial charge in [0.25, 0.3) is 5.09 Å². The molecule has 7 nitrogen and oxygen atoms in total. The van der Waals surface area contributed by atoms with Gasteiger partial charge in [-0.1, -0.05) is 0 Å². The van der Waals surface area contributed by atoms with Crippen molar-refractivity contribution in [2.24, 2.45) is 5.73 Å². The number of nitrogens with two attached hydrogens (primary N) is 1. The topological polar surface area (TPSA) is 125 Å². The van der Waals surface area contributed by atoms with Crippen molar-refractivity contribution in [3.63, 3.8) is 0 Å². The minimum atomic E-state index is -1.50. The first-order valence-electron chi connectivity index (χ1n) is 3.61. The van der Waals surface area contributed by atoms with Crippen molar-refractivity contribution in [1.29, 1.82) is 5.41 Å². The van der Waals surface area contributed by atoms with Crippen LogP contribution in [0.2, 0.25) is 0 Å². The van der Waals surface area contributed by atoms with E-state index in [0.717, 1.165) is 9.26 Å². The van der Waals surface area contributed by atoms with E-state index in [1.807, 2.05) is 24.3 Å². The van der Waals surface area contributed by atoms with E-state index in [4.69, 9.17) is 26.5 Å². The van der Waals surface area contributed by atoms with Crippen molar-refractivity contribution in [3.05, 3.63) is 37.9 Å². The molecule has 82 valence electrons. The van der Waals surface area contributed by atoms with Crippen LogP contribution in [0.15, 0.2) is 24.3 Å². The summed E-state index contributed by atoms with van der Waals surface area (Å²) in [5, 5.41) is 23.3. The SMILES string of the molecule is N=C(N)Nc1ccc(I)cc1.O=[N+]([O-])O. The van der Waals surface area contributed by atoms with Gasteiger partial charge >= 0.3 is 0 Å². The van der Waals surface area contributed by atoms with Crippen molar-refractivity contribution in [2.75, 3.05) is 5.32 Å². The lowest BCUT2D eigenvalue weighted by Gasteiger charge is -2.01. The van der Waals surface area contributed by atoms with E-state index in [-0.39, 0.29) is 5.96 Å². The number of rotatable bonds is 1. The maximum atomic E-state index is 8.36. The molecule has 0 radical (unpaired) electrons. The normalized spacial score (nSPS) is 8.33. The van der Waals surface area contributed by atoms with Crippen LogP contribution in [0.25, 0.3) is 0 Å². The Balaban J connectivity index is 0.000000423. The van der Waals surface area contributed by atoms with Crippen molar-refractivity contribution < 1.29 is 10.3 Å². The quantitative estimate of drug-likeness (QED) is 0.203. The molecule has 0 aliphatic carbocycles. The molecule has 1 aromatic carbocycles. The number of halogens is 1. The molecule has 0 amide bonds. The minimum Gasteiger partial charge on any atom is -0.370 e. The summed E-state index contributed by atoms with van der Waals surface area (Å²) >= 11 is 2.22. The van der Waals surface area contributed by atoms with E-state index in [9.17, 15) is 0 Å². The van der Waals surface area contributed by atoms with E-state index in [1.54, 1.807) is 0 Å². The van der Waals surface area contributed by atoms with Crippen LogP contribution >= 0.6 is 22.6 Å². The molecule has 0 unspecified atom stereocenters. The summed E-state index contributed by atoms with van der Waals surface area (Å²) in [4.78, 5) is 8.36. The van der Waals surface area contributed by atoms with Gasteiger partial charge in [0.15, 0.2) is 5.96 Å². The zero-order valence-electron chi connectivity index (χ0n) is 7.48. The second-order valence-corrected chi connectivity index (χ2v) is 3.53. The van der Waals surface area contributed by atoms with E-state index in [2.05, 4.69) is 27.9 Å². The van der Waals surface area contributed by atoms with E-state index >= 15 is 0 Å². The molecule has 0 saturated carbocycles. The van der Waals surface area contributed by atoms with Gasteiger partial charge in [-0.2, -0.15) is 0 Å². The van der Waals surface area contributed by atoms with Crippen LogP contribution in [0.3, 0.4) is 0 Å². The molecule has 0 fully saturated rings. The summed E-state index contributed by atoms with van der Waals surface area (Å²) in [6.45, 7) is 0. The largest absolute Gasteiger partial charge is 0.370 e. The van der Waals surface area contributed by atoms with Gasteiger partial charge in [0.05, 0.1) is 0 Å². The summed E-state index contributed by atoms with van der Waals surface area (Å²) in [5.74, 6) is -0.0359. The molecular formula is C7H9IN4O3. The first-order valence-corrected chi connectivity index (χ1v) is 4.69. The predicted molar refractivity (Wildman–Crippen MR) is 63.5 cm³/mol. The average molecular weight is 324 g/mol. The highest BCUT2D eigenvalue weighted by atomic mass is 127. The summed E-state index contributed by atoms with van der Waals surface area (Å²) in [6.07, 6.45) is 0. The Morgan fingerprint density at radius 1 is 1.53 bits per heavy atom. The molecule has 0 spiro atoms. The van der Waals surface area contributed by atoms with Crippen LogP contribution in [0.5, 0.6) is 0 Å². The average Bonchev–Trinajstić information content (AvgIpc) is 2.07. The first kappa shape index (κ1) is 13.4. The summed E-state index contributed by atoms with van der Waals surface area (Å²) < 4.78 is 1.16. The predicted octanol–water partition coefficient (Wildman–Crippen LogP) is 1.25. The zero-order chi connectivity index (χ0) is 11.8. The number of hydrogen-bond donors (Lipinski definition) is 4. The van der Waals surface area contributed by atoms with Crippen LogP contribution in [0, 0.1) is 19.1 Å². The third-order valence-corrected chi connectivity index (χ3v) is 1.84. The monoisotopic (exact) mass is 324 g/mol. The number of guanidine groups is 1.